The van der Waals surface area contributed by atoms with Gasteiger partial charge in [0.2, 0.25) is 0 Å². The van der Waals surface area contributed by atoms with Gasteiger partial charge in [-0.15, -0.1) is 11.3 Å². The summed E-state index contributed by atoms with van der Waals surface area (Å²) in [6, 6.07) is 82.6. The Labute approximate surface area is 372 Å². The van der Waals surface area contributed by atoms with Gasteiger partial charge in [0.05, 0.1) is 38.8 Å². The second-order valence-electron chi connectivity index (χ2n) is 16.8. The van der Waals surface area contributed by atoms with Crippen molar-refractivity contribution in [2.24, 2.45) is 0 Å². The third-order valence-electron chi connectivity index (χ3n) is 13.4. The van der Waals surface area contributed by atoms with Crippen LogP contribution in [0.25, 0.3) is 125 Å². The number of fused-ring (bicyclic) bond motifs is 13. The van der Waals surface area contributed by atoms with E-state index in [0.29, 0.717) is 0 Å². The Kier molecular flexibility index (Phi) is 7.56. The van der Waals surface area contributed by atoms with Gasteiger partial charge in [-0.3, -0.25) is 0 Å². The lowest BCUT2D eigenvalue weighted by molar-refractivity contribution is 1.17. The number of rotatable bonds is 5. The highest BCUT2D eigenvalue weighted by molar-refractivity contribution is 7.26. The molecular weight excluding hydrogens is 795 g/mol. The number of thiophene rings is 1. The topological polar surface area (TPSA) is 14.8 Å². The van der Waals surface area contributed by atoms with Crippen LogP contribution in [-0.4, -0.2) is 13.7 Å². The maximum Gasteiger partial charge on any atom is 0.0549 e. The van der Waals surface area contributed by atoms with Crippen LogP contribution in [-0.2, 0) is 0 Å². The third kappa shape index (κ3) is 4.97. The average Bonchev–Trinajstić information content (AvgIpc) is 4.10. The van der Waals surface area contributed by atoms with Crippen LogP contribution in [0, 0.1) is 0 Å². The minimum atomic E-state index is 1.15. The summed E-state index contributed by atoms with van der Waals surface area (Å²) in [4.78, 5) is 0. The molecule has 0 unspecified atom stereocenters. The van der Waals surface area contributed by atoms with Crippen molar-refractivity contribution in [3.63, 3.8) is 0 Å². The van der Waals surface area contributed by atoms with Crippen molar-refractivity contribution >= 4 is 96.9 Å². The Bertz CT molecular complexity index is 4180. The maximum absolute atomic E-state index is 2.51. The van der Waals surface area contributed by atoms with Gasteiger partial charge in [0.15, 0.2) is 0 Å². The van der Waals surface area contributed by atoms with E-state index in [1.807, 2.05) is 11.3 Å². The smallest absolute Gasteiger partial charge is 0.0549 e. The summed E-state index contributed by atoms with van der Waals surface area (Å²) in [7, 11) is 0. The van der Waals surface area contributed by atoms with Crippen LogP contribution in [0.2, 0.25) is 0 Å². The van der Waals surface area contributed by atoms with Crippen LogP contribution in [0.4, 0.5) is 0 Å². The van der Waals surface area contributed by atoms with Crippen LogP contribution < -0.4 is 0 Å². The van der Waals surface area contributed by atoms with Crippen molar-refractivity contribution in [1.29, 1.82) is 0 Å². The lowest BCUT2D eigenvalue weighted by Crippen LogP contribution is -1.97. The molecule has 14 rings (SSSR count). The molecule has 4 heteroatoms. The highest BCUT2D eigenvalue weighted by Crippen LogP contribution is 2.48. The molecule has 3 nitrogen and oxygen atoms in total. The predicted octanol–water partition coefficient (Wildman–Crippen LogP) is 16.7. The van der Waals surface area contributed by atoms with E-state index in [0.717, 1.165) is 17.1 Å². The van der Waals surface area contributed by atoms with Crippen molar-refractivity contribution in [3.05, 3.63) is 224 Å². The van der Waals surface area contributed by atoms with Crippen molar-refractivity contribution in [2.75, 3.05) is 0 Å². The molecule has 0 fully saturated rings. The van der Waals surface area contributed by atoms with E-state index in [1.54, 1.807) is 0 Å². The molecule has 10 aromatic carbocycles. The van der Waals surface area contributed by atoms with E-state index >= 15 is 0 Å². The number of hydrogen-bond donors (Lipinski definition) is 0. The van der Waals surface area contributed by atoms with E-state index in [-0.39, 0.29) is 0 Å². The molecule has 0 amide bonds. The van der Waals surface area contributed by atoms with Gasteiger partial charge in [0.25, 0.3) is 0 Å². The fourth-order valence-electron chi connectivity index (χ4n) is 10.9. The van der Waals surface area contributed by atoms with Gasteiger partial charge in [-0.2, -0.15) is 0 Å². The first-order valence-corrected chi connectivity index (χ1v) is 22.8. The SMILES string of the molecule is c1ccc(-n2c3ccccc3c3cc(-c4ccccc4-n4c5ccccc5c5c6c7c(-c8cccc9sc%10ccccc%10c89)cccc7n(-c7ccccc7)c6ccc54)ccc32)cc1. The van der Waals surface area contributed by atoms with Crippen molar-refractivity contribution < 1.29 is 0 Å². The van der Waals surface area contributed by atoms with Gasteiger partial charge in [-0.25, -0.2) is 0 Å². The highest BCUT2D eigenvalue weighted by atomic mass is 32.1. The fourth-order valence-corrected chi connectivity index (χ4v) is 12.0. The van der Waals surface area contributed by atoms with E-state index in [2.05, 4.69) is 238 Å². The zero-order valence-corrected chi connectivity index (χ0v) is 35.4. The van der Waals surface area contributed by atoms with Crippen LogP contribution in [0.5, 0.6) is 0 Å². The minimum Gasteiger partial charge on any atom is -0.309 e. The van der Waals surface area contributed by atoms with Crippen molar-refractivity contribution in [2.45, 2.75) is 0 Å². The molecule has 64 heavy (non-hydrogen) atoms. The van der Waals surface area contributed by atoms with E-state index in [9.17, 15) is 0 Å². The van der Waals surface area contributed by atoms with E-state index < -0.39 is 0 Å². The van der Waals surface area contributed by atoms with Crippen molar-refractivity contribution in [3.8, 4) is 39.3 Å². The molecular formula is C60H37N3S. The summed E-state index contributed by atoms with van der Waals surface area (Å²) in [6.45, 7) is 0. The third-order valence-corrected chi connectivity index (χ3v) is 14.6. The molecule has 14 aromatic rings. The number of nitrogens with zero attached hydrogens (tertiary/aromatic N) is 3. The van der Waals surface area contributed by atoms with Crippen LogP contribution >= 0.6 is 11.3 Å². The first-order chi connectivity index (χ1) is 31.8. The Morgan fingerprint density at radius 3 is 1.55 bits per heavy atom. The molecule has 298 valence electrons. The number of benzene rings is 10. The number of aromatic nitrogens is 3. The average molecular weight is 832 g/mol. The molecule has 4 heterocycles. The van der Waals surface area contributed by atoms with Crippen LogP contribution in [0.1, 0.15) is 0 Å². The summed E-state index contributed by atoms with van der Waals surface area (Å²) >= 11 is 1.88. The molecule has 0 bridgehead atoms. The summed E-state index contributed by atoms with van der Waals surface area (Å²) in [6.07, 6.45) is 0. The second kappa shape index (κ2) is 13.7. The molecule has 0 saturated carbocycles. The van der Waals surface area contributed by atoms with Gasteiger partial charge in [0.1, 0.15) is 0 Å². The lowest BCUT2D eigenvalue weighted by Gasteiger charge is -2.15. The molecule has 0 aliphatic rings. The number of para-hydroxylation sites is 5. The molecule has 0 aliphatic carbocycles. The lowest BCUT2D eigenvalue weighted by atomic mass is 9.94. The van der Waals surface area contributed by atoms with Gasteiger partial charge in [-0.05, 0) is 102 Å². The molecule has 0 saturated heterocycles. The Balaban J connectivity index is 1.08. The summed E-state index contributed by atoms with van der Waals surface area (Å²) < 4.78 is 10.00. The highest BCUT2D eigenvalue weighted by Gasteiger charge is 2.25. The van der Waals surface area contributed by atoms with E-state index in [1.165, 1.54) is 108 Å². The second-order valence-corrected chi connectivity index (χ2v) is 17.9. The quantitative estimate of drug-likeness (QED) is 0.164. The standard InChI is InChI=1S/C60H37N3S/c1-3-17-39(18-4-1)61-49-28-12-8-22-42(49)47-37-38(33-34-51(47)61)41-21-7-11-27-48(41)63-50-29-13-9-23-45(50)59-53(63)35-36-54-60(59)58-44(25-15-30-52(58)62(54)40-19-5-2-6-20-40)43-26-16-32-56-57(43)46-24-10-14-31-55(46)64-56/h1-37H. The first-order valence-electron chi connectivity index (χ1n) is 21.9. The van der Waals surface area contributed by atoms with Crippen molar-refractivity contribution in [1.82, 2.24) is 13.7 Å². The Morgan fingerprint density at radius 2 is 0.766 bits per heavy atom. The Hall–Kier alpha value is -8.18. The molecule has 0 N–H and O–H groups in total. The van der Waals surface area contributed by atoms with E-state index in [4.69, 9.17) is 0 Å². The van der Waals surface area contributed by atoms with Gasteiger partial charge >= 0.3 is 0 Å². The molecule has 0 radical (unpaired) electrons. The molecule has 0 aliphatic heterocycles. The van der Waals surface area contributed by atoms with Crippen LogP contribution in [0.3, 0.4) is 0 Å². The minimum absolute atomic E-state index is 1.15. The maximum atomic E-state index is 2.51. The largest absolute Gasteiger partial charge is 0.309 e. The van der Waals surface area contributed by atoms with Crippen LogP contribution in [0.15, 0.2) is 224 Å². The monoisotopic (exact) mass is 831 g/mol. The molecule has 4 aromatic heterocycles. The van der Waals surface area contributed by atoms with Gasteiger partial charge < -0.3 is 13.7 Å². The zero-order valence-electron chi connectivity index (χ0n) is 34.6. The fraction of sp³-hybridized carbons (Fsp3) is 0. The Morgan fingerprint density at radius 1 is 0.266 bits per heavy atom. The number of hydrogen-bond acceptors (Lipinski definition) is 1. The predicted molar refractivity (Wildman–Crippen MR) is 273 cm³/mol. The summed E-state index contributed by atoms with van der Waals surface area (Å²) in [5, 5.41) is 10.2. The van der Waals surface area contributed by atoms with Gasteiger partial charge in [0, 0.05) is 69.4 Å². The zero-order chi connectivity index (χ0) is 41.9. The first kappa shape index (κ1) is 35.4. The normalized spacial score (nSPS) is 12.1. The van der Waals surface area contributed by atoms with Gasteiger partial charge in [-0.1, -0.05) is 140 Å². The summed E-state index contributed by atoms with van der Waals surface area (Å²) in [5.41, 5.74) is 15.5. The summed E-state index contributed by atoms with van der Waals surface area (Å²) in [5.74, 6) is 0. The molecule has 0 spiro atoms. The molecule has 0 atom stereocenters.